The summed E-state index contributed by atoms with van der Waals surface area (Å²) in [6, 6.07) is 167. The van der Waals surface area contributed by atoms with Crippen molar-refractivity contribution in [2.24, 2.45) is 0 Å². The second-order valence-corrected chi connectivity index (χ2v) is 40.9. The van der Waals surface area contributed by atoms with E-state index in [1.807, 2.05) is 34.0 Å². The maximum Gasteiger partial charge on any atom is 0.0543 e. The topological polar surface area (TPSA) is 9.72 Å². The highest BCUT2D eigenvalue weighted by Crippen LogP contribution is 2.61. The first kappa shape index (κ1) is 81.5. The first-order chi connectivity index (χ1) is 66.2. The van der Waals surface area contributed by atoms with Gasteiger partial charge in [-0.1, -0.05) is 363 Å². The second kappa shape index (κ2) is 32.4. The van der Waals surface area contributed by atoms with Crippen molar-refractivity contribution in [1.29, 1.82) is 0 Å². The summed E-state index contributed by atoms with van der Waals surface area (Å²) in [7, 11) is 0. The Balaban J connectivity index is 0.000000108. The molecular formula is C129H93N3S3. The summed E-state index contributed by atoms with van der Waals surface area (Å²) in [5.74, 6) is 0. The number of benzene rings is 21. The molecule has 27 rings (SSSR count). The fourth-order valence-electron chi connectivity index (χ4n) is 22.1. The summed E-state index contributed by atoms with van der Waals surface area (Å²) < 4.78 is 8.17. The summed E-state index contributed by atoms with van der Waals surface area (Å²) in [6.07, 6.45) is 0. The molecule has 6 heteroatoms. The van der Waals surface area contributed by atoms with E-state index < -0.39 is 0 Å². The number of para-hydroxylation sites is 3. The maximum atomic E-state index is 2.44. The number of fused-ring (bicyclic) bond motifs is 24. The molecule has 642 valence electrons. The summed E-state index contributed by atoms with van der Waals surface area (Å²) >= 11 is 5.78. The van der Waals surface area contributed by atoms with Gasteiger partial charge in [0.2, 0.25) is 0 Å². The third-order valence-electron chi connectivity index (χ3n) is 28.9. The van der Waals surface area contributed by atoms with Crippen LogP contribution in [0.15, 0.2) is 455 Å². The molecule has 0 bridgehead atoms. The minimum Gasteiger partial charge on any atom is -0.310 e. The van der Waals surface area contributed by atoms with E-state index >= 15 is 0 Å². The number of nitrogens with zero attached hydrogens (tertiary/aromatic N) is 3. The van der Waals surface area contributed by atoms with Crippen LogP contribution in [0.1, 0.15) is 74.9 Å². The van der Waals surface area contributed by atoms with Crippen LogP contribution in [0.5, 0.6) is 0 Å². The van der Waals surface area contributed by atoms with Crippen molar-refractivity contribution in [1.82, 2.24) is 0 Å². The molecule has 3 aliphatic carbocycles. The molecule has 0 N–H and O–H groups in total. The average molecular weight is 1780 g/mol. The molecule has 3 aliphatic rings. The molecule has 24 aromatic rings. The molecule has 3 nitrogen and oxygen atoms in total. The molecule has 0 saturated carbocycles. The fraction of sp³-hybridized carbons (Fsp3) is 0.0698. The third kappa shape index (κ3) is 13.7. The molecule has 0 fully saturated rings. The van der Waals surface area contributed by atoms with Gasteiger partial charge in [0.1, 0.15) is 0 Å². The quantitative estimate of drug-likeness (QED) is 0.121. The number of rotatable bonds is 12. The Bertz CT molecular complexity index is 8820. The number of anilines is 9. The Morgan fingerprint density at radius 2 is 0.474 bits per heavy atom. The number of hydrogen-bond donors (Lipinski definition) is 0. The minimum absolute atomic E-state index is 0.00453. The second-order valence-electron chi connectivity index (χ2n) is 37.8. The van der Waals surface area contributed by atoms with Gasteiger partial charge in [0.05, 0.1) is 5.69 Å². The molecule has 0 unspecified atom stereocenters. The van der Waals surface area contributed by atoms with Crippen molar-refractivity contribution in [2.45, 2.75) is 57.8 Å². The van der Waals surface area contributed by atoms with E-state index in [1.54, 1.807) is 0 Å². The highest BCUT2D eigenvalue weighted by molar-refractivity contribution is 7.27. The van der Waals surface area contributed by atoms with E-state index in [4.69, 9.17) is 0 Å². The normalized spacial score (nSPS) is 13.3. The Hall–Kier alpha value is -15.5. The van der Waals surface area contributed by atoms with Gasteiger partial charge >= 0.3 is 0 Å². The van der Waals surface area contributed by atoms with Crippen LogP contribution in [0.25, 0.3) is 160 Å². The van der Waals surface area contributed by atoms with Gasteiger partial charge < -0.3 is 14.7 Å². The van der Waals surface area contributed by atoms with Crippen molar-refractivity contribution >= 4 is 178 Å². The summed E-state index contributed by atoms with van der Waals surface area (Å²) in [5, 5.41) is 15.6. The average Bonchev–Trinajstić information content (AvgIpc) is 1.57. The lowest BCUT2D eigenvalue weighted by Gasteiger charge is -2.29. The summed E-state index contributed by atoms with van der Waals surface area (Å²) in [5.41, 5.74) is 34.3. The van der Waals surface area contributed by atoms with E-state index in [2.05, 4.69) is 511 Å². The van der Waals surface area contributed by atoms with Crippen molar-refractivity contribution in [3.63, 3.8) is 0 Å². The van der Waals surface area contributed by atoms with Gasteiger partial charge in [0.25, 0.3) is 0 Å². The smallest absolute Gasteiger partial charge is 0.0543 e. The molecule has 0 atom stereocenters. The standard InChI is InChI=1S/3C43H31NS/c1-43(2)36-16-10-17-38(40(36)41-37(43)26-25-35-34-15-8-9-18-39(34)45-42(35)41)44(32-13-4-3-5-14-32)33-23-21-29(22-24-33)31-20-19-28-11-6-7-12-30(28)27-31;1-43(2)38-24-22-34(27-37(38)41-39(43)25-23-36-35-14-8-9-15-40(35)45-42(36)41)44(32-12-4-3-5-13-32)33-20-18-29(19-21-33)31-17-16-28-10-6-7-11-30(28)26-31;1-43(2)38-15-9-8-14-37(38)41-39(43)25-24-36-35-23-22-34(27-40(35)45-42(36)41)44(32-12-4-3-5-13-32)33-20-18-29(19-21-33)31-17-16-28-10-6-7-11-30(28)26-31/h3*3-27H,1-2H3. The predicted molar refractivity (Wildman–Crippen MR) is 584 cm³/mol. The molecule has 0 saturated heterocycles. The lowest BCUT2D eigenvalue weighted by atomic mass is 9.82. The monoisotopic (exact) mass is 1780 g/mol. The molecular weight excluding hydrogens is 1690 g/mol. The molecule has 0 aliphatic heterocycles. The van der Waals surface area contributed by atoms with Gasteiger partial charge in [-0.05, 0) is 244 Å². The molecule has 0 radical (unpaired) electrons. The highest BCUT2D eigenvalue weighted by atomic mass is 32.1. The Labute approximate surface area is 799 Å². The summed E-state index contributed by atoms with van der Waals surface area (Å²) in [4.78, 5) is 7.21. The van der Waals surface area contributed by atoms with Crippen LogP contribution in [-0.2, 0) is 16.2 Å². The lowest BCUT2D eigenvalue weighted by molar-refractivity contribution is 0.661. The van der Waals surface area contributed by atoms with E-state index in [0.717, 1.165) is 39.8 Å². The van der Waals surface area contributed by atoms with Crippen LogP contribution >= 0.6 is 34.0 Å². The zero-order valence-corrected chi connectivity index (χ0v) is 78.3. The Kier molecular flexibility index (Phi) is 19.6. The van der Waals surface area contributed by atoms with Crippen molar-refractivity contribution < 1.29 is 0 Å². The molecule has 3 heterocycles. The molecule has 3 aromatic heterocycles. The van der Waals surface area contributed by atoms with Gasteiger partial charge in [-0.15, -0.1) is 34.0 Å². The van der Waals surface area contributed by atoms with E-state index in [-0.39, 0.29) is 16.2 Å². The Morgan fingerprint density at radius 1 is 0.170 bits per heavy atom. The zero-order chi connectivity index (χ0) is 90.4. The van der Waals surface area contributed by atoms with Crippen LogP contribution in [0, 0.1) is 0 Å². The van der Waals surface area contributed by atoms with Gasteiger partial charge in [0, 0.05) is 145 Å². The van der Waals surface area contributed by atoms with Gasteiger partial charge in [-0.2, -0.15) is 0 Å². The van der Waals surface area contributed by atoms with E-state index in [1.165, 1.54) is 204 Å². The van der Waals surface area contributed by atoms with Crippen molar-refractivity contribution in [3.05, 3.63) is 488 Å². The molecule has 0 spiro atoms. The number of thiophene rings is 3. The van der Waals surface area contributed by atoms with Gasteiger partial charge in [-0.3, -0.25) is 0 Å². The summed E-state index contributed by atoms with van der Waals surface area (Å²) in [6.45, 7) is 14.2. The van der Waals surface area contributed by atoms with E-state index in [0.29, 0.717) is 0 Å². The first-order valence-corrected chi connectivity index (χ1v) is 49.3. The lowest BCUT2D eigenvalue weighted by Crippen LogP contribution is -2.16. The van der Waals surface area contributed by atoms with Crippen molar-refractivity contribution in [3.8, 4) is 66.8 Å². The SMILES string of the molecule is CC1(C)c2ccc(N(c3ccccc3)c3ccc(-c4ccc5ccccc5c4)cc3)cc2-c2c1ccc1c2sc2ccccc21.CC1(C)c2cccc(N(c3ccccc3)c3ccc(-c4ccc5ccccc5c4)cc3)c2-c2c1ccc1c2sc2ccccc21.CC1(C)c2ccccc2-c2c1ccc1c2sc2cc(N(c3ccccc3)c3ccc(-c4ccc5ccccc5c4)cc3)ccc21. The first-order valence-electron chi connectivity index (χ1n) is 46.8. The van der Waals surface area contributed by atoms with Crippen LogP contribution < -0.4 is 14.7 Å². The Morgan fingerprint density at radius 3 is 0.956 bits per heavy atom. The highest BCUT2D eigenvalue weighted by Gasteiger charge is 2.42. The van der Waals surface area contributed by atoms with Crippen LogP contribution in [0.3, 0.4) is 0 Å². The minimum atomic E-state index is -0.104. The van der Waals surface area contributed by atoms with Gasteiger partial charge in [-0.25, -0.2) is 0 Å². The van der Waals surface area contributed by atoms with Gasteiger partial charge in [0.15, 0.2) is 0 Å². The molecule has 21 aromatic carbocycles. The zero-order valence-electron chi connectivity index (χ0n) is 75.9. The molecule has 0 amide bonds. The van der Waals surface area contributed by atoms with Crippen LogP contribution in [-0.4, -0.2) is 0 Å². The molecule has 135 heavy (non-hydrogen) atoms. The van der Waals surface area contributed by atoms with Crippen molar-refractivity contribution in [2.75, 3.05) is 14.7 Å². The van der Waals surface area contributed by atoms with E-state index in [9.17, 15) is 0 Å². The van der Waals surface area contributed by atoms with Crippen LogP contribution in [0.4, 0.5) is 51.2 Å². The van der Waals surface area contributed by atoms with Crippen LogP contribution in [0.2, 0.25) is 0 Å². The predicted octanol–water partition coefficient (Wildman–Crippen LogP) is 38.0. The number of hydrogen-bond acceptors (Lipinski definition) is 6. The largest absolute Gasteiger partial charge is 0.310 e. The fourth-order valence-corrected chi connectivity index (χ4v) is 25.9. The maximum absolute atomic E-state index is 2.44. The third-order valence-corrected chi connectivity index (χ3v) is 32.5.